The molecule has 0 N–H and O–H groups in total. The van der Waals surface area contributed by atoms with E-state index < -0.39 is 0 Å². The van der Waals surface area contributed by atoms with Crippen molar-refractivity contribution in [1.82, 2.24) is 0 Å². The van der Waals surface area contributed by atoms with Crippen molar-refractivity contribution in [3.63, 3.8) is 0 Å². The molecule has 0 aromatic carbocycles. The number of hydrogen-bond acceptors (Lipinski definition) is 2. The van der Waals surface area contributed by atoms with E-state index in [0.29, 0.717) is 11.8 Å². The Hall–Kier alpha value is -1.38. The number of unbranched alkanes of at least 4 members (excludes halogenated alkanes) is 1. The Labute approximate surface area is 192 Å². The quantitative estimate of drug-likeness (QED) is 0.236. The van der Waals surface area contributed by atoms with Gasteiger partial charge in [0.1, 0.15) is 12.4 Å². The van der Waals surface area contributed by atoms with Gasteiger partial charge in [-0.2, -0.15) is 0 Å². The van der Waals surface area contributed by atoms with Crippen LogP contribution in [-0.4, -0.2) is 12.3 Å². The van der Waals surface area contributed by atoms with Gasteiger partial charge >= 0.3 is 0 Å². The van der Waals surface area contributed by atoms with Crippen LogP contribution < -0.4 is 0 Å². The van der Waals surface area contributed by atoms with Crippen LogP contribution in [0.2, 0.25) is 0 Å². The Kier molecular flexibility index (Phi) is 13.8. The fourth-order valence-corrected chi connectivity index (χ4v) is 4.56. The van der Waals surface area contributed by atoms with E-state index >= 15 is 0 Å². The van der Waals surface area contributed by atoms with E-state index in [0.717, 1.165) is 50.7 Å². The van der Waals surface area contributed by atoms with Crippen molar-refractivity contribution < 1.29 is 9.23 Å². The second-order valence-electron chi connectivity index (χ2n) is 9.51. The summed E-state index contributed by atoms with van der Waals surface area (Å²) in [6.07, 6.45) is 19.3. The van der Waals surface area contributed by atoms with Gasteiger partial charge in [-0.3, -0.25) is 0 Å². The summed E-state index contributed by atoms with van der Waals surface area (Å²) in [7, 11) is 0. The summed E-state index contributed by atoms with van der Waals surface area (Å²) in [5, 5.41) is 4.66. The van der Waals surface area contributed by atoms with Gasteiger partial charge in [-0.15, -0.1) is 0 Å². The van der Waals surface area contributed by atoms with Crippen LogP contribution in [-0.2, 0) is 4.84 Å². The first kappa shape index (κ1) is 27.7. The van der Waals surface area contributed by atoms with Crippen LogP contribution in [0, 0.1) is 17.3 Å². The third kappa shape index (κ3) is 9.74. The lowest BCUT2D eigenvalue weighted by molar-refractivity contribution is 0.0813. The van der Waals surface area contributed by atoms with Gasteiger partial charge in [0, 0.05) is 11.3 Å². The Bertz CT molecular complexity index is 619. The standard InChI is InChI=1S/C28H48FNO/c1-7-12-14-25-20-27(30-31-22-25)28(17-9-3,18-16-23(6)10-4)21-24(11-5)19-26(29)15-13-8-2/h11,13,15,19,23,25H,7-10,12,14,16-18,20-22H2,1-6H3/b15-13+,24-11+,26-19+. The van der Waals surface area contributed by atoms with Gasteiger partial charge in [-0.05, 0) is 75.5 Å². The summed E-state index contributed by atoms with van der Waals surface area (Å²) in [6, 6.07) is 0. The minimum atomic E-state index is -0.162. The molecule has 2 nitrogen and oxygen atoms in total. The van der Waals surface area contributed by atoms with E-state index in [9.17, 15) is 4.39 Å². The van der Waals surface area contributed by atoms with Crippen molar-refractivity contribution in [2.45, 2.75) is 112 Å². The number of allylic oxidation sites excluding steroid dienone is 6. The van der Waals surface area contributed by atoms with Crippen LogP contribution in [0.25, 0.3) is 0 Å². The number of rotatable bonds is 15. The summed E-state index contributed by atoms with van der Waals surface area (Å²) < 4.78 is 14.5. The number of nitrogens with zero attached hydrogens (tertiary/aromatic N) is 1. The fourth-order valence-electron chi connectivity index (χ4n) is 4.56. The van der Waals surface area contributed by atoms with E-state index in [1.165, 1.54) is 37.8 Å². The molecule has 0 aromatic rings. The Morgan fingerprint density at radius 1 is 1.23 bits per heavy atom. The molecular formula is C28H48FNO. The average molecular weight is 434 g/mol. The summed E-state index contributed by atoms with van der Waals surface area (Å²) in [5.74, 6) is 1.08. The maximum atomic E-state index is 14.5. The molecule has 3 atom stereocenters. The highest BCUT2D eigenvalue weighted by atomic mass is 19.1. The van der Waals surface area contributed by atoms with E-state index in [-0.39, 0.29) is 11.2 Å². The minimum absolute atomic E-state index is 0.0455. The van der Waals surface area contributed by atoms with E-state index in [4.69, 9.17) is 4.84 Å². The molecule has 0 saturated heterocycles. The van der Waals surface area contributed by atoms with E-state index in [1.807, 2.05) is 19.9 Å². The summed E-state index contributed by atoms with van der Waals surface area (Å²) >= 11 is 0. The molecule has 0 fully saturated rings. The lowest BCUT2D eigenvalue weighted by Crippen LogP contribution is -2.36. The van der Waals surface area contributed by atoms with Gasteiger partial charge in [0.25, 0.3) is 0 Å². The Balaban J connectivity index is 3.23. The summed E-state index contributed by atoms with van der Waals surface area (Å²) in [5.41, 5.74) is 2.24. The molecule has 0 bridgehead atoms. The van der Waals surface area contributed by atoms with Crippen LogP contribution in [0.1, 0.15) is 112 Å². The maximum Gasteiger partial charge on any atom is 0.123 e. The van der Waals surface area contributed by atoms with Gasteiger partial charge in [-0.1, -0.05) is 77.6 Å². The maximum absolute atomic E-state index is 14.5. The van der Waals surface area contributed by atoms with Crippen LogP contribution in [0.15, 0.2) is 40.9 Å². The number of oxime groups is 1. The van der Waals surface area contributed by atoms with Gasteiger partial charge in [0.15, 0.2) is 0 Å². The Morgan fingerprint density at radius 3 is 2.61 bits per heavy atom. The molecule has 0 aromatic heterocycles. The molecule has 3 unspecified atom stereocenters. The highest BCUT2D eigenvalue weighted by Gasteiger charge is 2.38. The largest absolute Gasteiger partial charge is 0.396 e. The molecule has 31 heavy (non-hydrogen) atoms. The van der Waals surface area contributed by atoms with Gasteiger partial charge in [0.05, 0.1) is 5.71 Å². The van der Waals surface area contributed by atoms with Crippen LogP contribution >= 0.6 is 0 Å². The van der Waals surface area contributed by atoms with Gasteiger partial charge < -0.3 is 4.84 Å². The predicted molar refractivity (Wildman–Crippen MR) is 134 cm³/mol. The SMILES string of the molecule is C\C=C(/C=C(F)\C=C\CC)CC(CCC)(CCC(C)CC)C1=NOCC(CCCC)C1. The second kappa shape index (κ2) is 15.4. The summed E-state index contributed by atoms with van der Waals surface area (Å²) in [6.45, 7) is 13.9. The topological polar surface area (TPSA) is 21.6 Å². The average Bonchev–Trinajstić information content (AvgIpc) is 2.79. The first-order chi connectivity index (χ1) is 14.9. The molecule has 1 heterocycles. The molecule has 0 aliphatic carbocycles. The zero-order valence-corrected chi connectivity index (χ0v) is 21.2. The molecule has 0 spiro atoms. The second-order valence-corrected chi connectivity index (χ2v) is 9.51. The van der Waals surface area contributed by atoms with Crippen molar-refractivity contribution in [1.29, 1.82) is 0 Å². The molecule has 1 aliphatic rings. The molecule has 1 aliphatic heterocycles. The first-order valence-electron chi connectivity index (χ1n) is 12.8. The highest BCUT2D eigenvalue weighted by Crippen LogP contribution is 2.43. The van der Waals surface area contributed by atoms with Crippen LogP contribution in [0.4, 0.5) is 4.39 Å². The van der Waals surface area contributed by atoms with Gasteiger partial charge in [0.2, 0.25) is 0 Å². The van der Waals surface area contributed by atoms with E-state index in [2.05, 4.69) is 38.9 Å². The van der Waals surface area contributed by atoms with Crippen molar-refractivity contribution in [2.24, 2.45) is 22.4 Å². The smallest absolute Gasteiger partial charge is 0.123 e. The number of halogens is 1. The zero-order valence-electron chi connectivity index (χ0n) is 21.2. The van der Waals surface area contributed by atoms with E-state index in [1.54, 1.807) is 12.2 Å². The highest BCUT2D eigenvalue weighted by molar-refractivity contribution is 5.90. The van der Waals surface area contributed by atoms with Crippen molar-refractivity contribution in [2.75, 3.05) is 6.61 Å². The number of hydrogen-bond donors (Lipinski definition) is 0. The molecule has 1 rings (SSSR count). The molecule has 0 amide bonds. The third-order valence-corrected chi connectivity index (χ3v) is 6.84. The lowest BCUT2D eigenvalue weighted by atomic mass is 9.67. The van der Waals surface area contributed by atoms with Crippen molar-refractivity contribution in [3.8, 4) is 0 Å². The molecular weight excluding hydrogens is 385 g/mol. The molecule has 0 radical (unpaired) electrons. The van der Waals surface area contributed by atoms with Crippen molar-refractivity contribution in [3.05, 3.63) is 35.7 Å². The normalized spacial score (nSPS) is 21.0. The first-order valence-corrected chi connectivity index (χ1v) is 12.8. The lowest BCUT2D eigenvalue weighted by Gasteiger charge is -2.39. The Morgan fingerprint density at radius 2 is 2.00 bits per heavy atom. The molecule has 178 valence electrons. The predicted octanol–water partition coefficient (Wildman–Crippen LogP) is 9.34. The zero-order chi connectivity index (χ0) is 23.1. The summed E-state index contributed by atoms with van der Waals surface area (Å²) in [4.78, 5) is 5.79. The van der Waals surface area contributed by atoms with Crippen LogP contribution in [0.5, 0.6) is 0 Å². The minimum Gasteiger partial charge on any atom is -0.396 e. The fraction of sp³-hybridized carbons (Fsp3) is 0.750. The molecule has 3 heteroatoms. The monoisotopic (exact) mass is 433 g/mol. The van der Waals surface area contributed by atoms with Crippen LogP contribution in [0.3, 0.4) is 0 Å². The molecule has 0 saturated carbocycles. The third-order valence-electron chi connectivity index (χ3n) is 6.84. The van der Waals surface area contributed by atoms with Gasteiger partial charge in [-0.25, -0.2) is 4.39 Å². The van der Waals surface area contributed by atoms with Crippen molar-refractivity contribution >= 4 is 5.71 Å².